The van der Waals surface area contributed by atoms with Crippen molar-refractivity contribution in [2.45, 2.75) is 40.3 Å². The SMILES string of the molecule is COCc1c(C(=O)NCC(C)(C)CN(C)C)c(=O)cc(C)n1CCc1cccc(Cl)c1. The molecule has 0 bridgehead atoms. The number of carbonyl (C=O) groups excluding carboxylic acids is 1. The largest absolute Gasteiger partial charge is 0.378 e. The van der Waals surface area contributed by atoms with Crippen molar-refractivity contribution in [3.63, 3.8) is 0 Å². The van der Waals surface area contributed by atoms with Gasteiger partial charge >= 0.3 is 0 Å². The van der Waals surface area contributed by atoms with Gasteiger partial charge in [0.25, 0.3) is 5.91 Å². The van der Waals surface area contributed by atoms with Gasteiger partial charge in [-0.05, 0) is 50.6 Å². The molecule has 0 atom stereocenters. The van der Waals surface area contributed by atoms with Crippen LogP contribution in [0.2, 0.25) is 5.02 Å². The van der Waals surface area contributed by atoms with Crippen LogP contribution in [0.15, 0.2) is 35.1 Å². The highest BCUT2D eigenvalue weighted by Crippen LogP contribution is 2.17. The summed E-state index contributed by atoms with van der Waals surface area (Å²) in [4.78, 5) is 27.9. The molecule has 31 heavy (non-hydrogen) atoms. The Morgan fingerprint density at radius 3 is 2.58 bits per heavy atom. The number of rotatable bonds is 10. The number of pyridine rings is 1. The molecule has 0 fully saturated rings. The van der Waals surface area contributed by atoms with Crippen LogP contribution < -0.4 is 10.7 Å². The van der Waals surface area contributed by atoms with Crippen LogP contribution in [0.4, 0.5) is 0 Å². The first-order valence-corrected chi connectivity index (χ1v) is 10.8. The fourth-order valence-corrected chi connectivity index (χ4v) is 4.14. The predicted molar refractivity (Wildman–Crippen MR) is 126 cm³/mol. The predicted octanol–water partition coefficient (Wildman–Crippen LogP) is 3.52. The van der Waals surface area contributed by atoms with Crippen molar-refractivity contribution < 1.29 is 9.53 Å². The average Bonchev–Trinajstić information content (AvgIpc) is 2.65. The van der Waals surface area contributed by atoms with E-state index in [4.69, 9.17) is 16.3 Å². The molecular weight excluding hydrogens is 414 g/mol. The standard InChI is InChI=1S/C24H34ClN3O3/c1-17-12-21(29)22(23(30)26-15-24(2,3)16-27(4)5)20(14-31-6)28(17)11-10-18-8-7-9-19(25)13-18/h7-9,12-13H,10-11,14-16H2,1-6H3,(H,26,30). The zero-order valence-electron chi connectivity index (χ0n) is 19.4. The number of nitrogens with one attached hydrogen (secondary N) is 1. The van der Waals surface area contributed by atoms with Gasteiger partial charge < -0.3 is 19.5 Å². The first kappa shape index (κ1) is 25.1. The molecule has 6 nitrogen and oxygen atoms in total. The Kier molecular flexibility index (Phi) is 8.86. The van der Waals surface area contributed by atoms with E-state index in [-0.39, 0.29) is 28.9 Å². The van der Waals surface area contributed by atoms with E-state index < -0.39 is 0 Å². The van der Waals surface area contributed by atoms with Gasteiger partial charge in [-0.25, -0.2) is 0 Å². The Morgan fingerprint density at radius 1 is 1.26 bits per heavy atom. The molecule has 7 heteroatoms. The number of hydrogen-bond donors (Lipinski definition) is 1. The second-order valence-electron chi connectivity index (χ2n) is 9.02. The van der Waals surface area contributed by atoms with Crippen molar-refractivity contribution in [1.82, 2.24) is 14.8 Å². The van der Waals surface area contributed by atoms with E-state index in [0.717, 1.165) is 24.2 Å². The molecule has 0 radical (unpaired) electrons. The summed E-state index contributed by atoms with van der Waals surface area (Å²) in [5.74, 6) is -0.361. The minimum absolute atomic E-state index is 0.128. The monoisotopic (exact) mass is 447 g/mol. The van der Waals surface area contributed by atoms with Gasteiger partial charge in [-0.2, -0.15) is 0 Å². The Morgan fingerprint density at radius 2 is 1.97 bits per heavy atom. The van der Waals surface area contributed by atoms with Gasteiger partial charge in [0.15, 0.2) is 5.43 Å². The molecule has 1 heterocycles. The highest BCUT2D eigenvalue weighted by Gasteiger charge is 2.24. The van der Waals surface area contributed by atoms with Crippen LogP contribution in [-0.4, -0.2) is 49.7 Å². The zero-order chi connectivity index (χ0) is 23.2. The Hall–Kier alpha value is -2.15. The summed E-state index contributed by atoms with van der Waals surface area (Å²) in [6, 6.07) is 9.22. The van der Waals surface area contributed by atoms with Crippen LogP contribution in [0, 0.1) is 12.3 Å². The van der Waals surface area contributed by atoms with Gasteiger partial charge in [0.05, 0.1) is 12.3 Å². The molecule has 0 saturated carbocycles. The first-order valence-electron chi connectivity index (χ1n) is 10.4. The summed E-state index contributed by atoms with van der Waals surface area (Å²) in [5, 5.41) is 3.65. The maximum atomic E-state index is 13.1. The highest BCUT2D eigenvalue weighted by atomic mass is 35.5. The number of aryl methyl sites for hydroxylation is 2. The van der Waals surface area contributed by atoms with Crippen LogP contribution in [0.1, 0.15) is 41.2 Å². The molecule has 1 amide bonds. The minimum Gasteiger partial charge on any atom is -0.378 e. The summed E-state index contributed by atoms with van der Waals surface area (Å²) in [7, 11) is 5.56. The van der Waals surface area contributed by atoms with Crippen LogP contribution >= 0.6 is 11.6 Å². The number of hydrogen-bond acceptors (Lipinski definition) is 4. The van der Waals surface area contributed by atoms with E-state index in [1.54, 1.807) is 7.11 Å². The van der Waals surface area contributed by atoms with Gasteiger partial charge in [-0.15, -0.1) is 0 Å². The fourth-order valence-electron chi connectivity index (χ4n) is 3.92. The van der Waals surface area contributed by atoms with Crippen molar-refractivity contribution in [3.8, 4) is 0 Å². The lowest BCUT2D eigenvalue weighted by Crippen LogP contribution is -2.42. The summed E-state index contributed by atoms with van der Waals surface area (Å²) in [5.41, 5.74) is 2.22. The minimum atomic E-state index is -0.361. The number of carbonyl (C=O) groups is 1. The molecule has 0 aliphatic heterocycles. The molecule has 0 aliphatic rings. The molecule has 1 aromatic heterocycles. The Labute approximate surface area is 190 Å². The number of ether oxygens (including phenoxy) is 1. The van der Waals surface area contributed by atoms with Gasteiger partial charge in [0, 0.05) is 43.5 Å². The highest BCUT2D eigenvalue weighted by molar-refractivity contribution is 6.30. The normalized spacial score (nSPS) is 11.7. The molecule has 2 aromatic rings. The second-order valence-corrected chi connectivity index (χ2v) is 9.46. The van der Waals surface area contributed by atoms with Crippen LogP contribution in [-0.2, 0) is 24.3 Å². The van der Waals surface area contributed by atoms with Gasteiger partial charge in [-0.3, -0.25) is 9.59 Å². The summed E-state index contributed by atoms with van der Waals surface area (Å²) < 4.78 is 7.36. The van der Waals surface area contributed by atoms with Gasteiger partial charge in [0.1, 0.15) is 5.56 Å². The molecule has 170 valence electrons. The maximum Gasteiger partial charge on any atom is 0.257 e. The Balaban J connectivity index is 2.32. The molecular formula is C24H34ClN3O3. The number of halogens is 1. The van der Waals surface area contributed by atoms with Crippen molar-refractivity contribution in [3.05, 3.63) is 68.1 Å². The van der Waals surface area contributed by atoms with E-state index in [2.05, 4.69) is 24.1 Å². The van der Waals surface area contributed by atoms with Crippen molar-refractivity contribution in [2.24, 2.45) is 5.41 Å². The third kappa shape index (κ3) is 7.20. The van der Waals surface area contributed by atoms with E-state index in [0.29, 0.717) is 23.8 Å². The van der Waals surface area contributed by atoms with Gasteiger partial charge in [-0.1, -0.05) is 37.6 Å². The number of benzene rings is 1. The van der Waals surface area contributed by atoms with Crippen molar-refractivity contribution in [2.75, 3.05) is 34.3 Å². The topological polar surface area (TPSA) is 63.6 Å². The summed E-state index contributed by atoms with van der Waals surface area (Å²) in [6.07, 6.45) is 0.720. The third-order valence-corrected chi connectivity index (χ3v) is 5.35. The lowest BCUT2D eigenvalue weighted by atomic mass is 9.93. The maximum absolute atomic E-state index is 13.1. The fraction of sp³-hybridized carbons (Fsp3) is 0.500. The third-order valence-electron chi connectivity index (χ3n) is 5.12. The number of aromatic nitrogens is 1. The van der Waals surface area contributed by atoms with Crippen LogP contribution in [0.25, 0.3) is 0 Å². The van der Waals surface area contributed by atoms with Crippen molar-refractivity contribution in [1.29, 1.82) is 0 Å². The lowest BCUT2D eigenvalue weighted by molar-refractivity contribution is 0.0920. The molecule has 0 spiro atoms. The van der Waals surface area contributed by atoms with Crippen molar-refractivity contribution >= 4 is 17.5 Å². The van der Waals surface area contributed by atoms with Gasteiger partial charge in [0.2, 0.25) is 0 Å². The summed E-state index contributed by atoms with van der Waals surface area (Å²) in [6.45, 7) is 8.11. The van der Waals surface area contributed by atoms with Crippen LogP contribution in [0.5, 0.6) is 0 Å². The average molecular weight is 448 g/mol. The lowest BCUT2D eigenvalue weighted by Gasteiger charge is -2.28. The zero-order valence-corrected chi connectivity index (χ0v) is 20.2. The van der Waals surface area contributed by atoms with E-state index in [9.17, 15) is 9.59 Å². The second kappa shape index (κ2) is 10.9. The number of methoxy groups -OCH3 is 1. The van der Waals surface area contributed by atoms with Crippen LogP contribution in [0.3, 0.4) is 0 Å². The quantitative estimate of drug-likeness (QED) is 0.605. The Bertz CT molecular complexity index is 967. The van der Waals surface area contributed by atoms with E-state index in [1.165, 1.54) is 6.07 Å². The van der Waals surface area contributed by atoms with E-state index >= 15 is 0 Å². The number of nitrogens with zero attached hydrogens (tertiary/aromatic N) is 2. The molecule has 0 unspecified atom stereocenters. The number of amides is 1. The molecule has 0 saturated heterocycles. The first-order chi connectivity index (χ1) is 14.5. The van der Waals surface area contributed by atoms with E-state index in [1.807, 2.05) is 49.9 Å². The molecule has 0 aliphatic carbocycles. The smallest absolute Gasteiger partial charge is 0.257 e. The molecule has 1 aromatic carbocycles. The molecule has 2 rings (SSSR count). The molecule has 1 N–H and O–H groups in total. The summed E-state index contributed by atoms with van der Waals surface area (Å²) >= 11 is 6.11.